The molecule has 0 unspecified atom stereocenters. The summed E-state index contributed by atoms with van der Waals surface area (Å²) < 4.78 is 5.14. The Morgan fingerprint density at radius 2 is 2.04 bits per heavy atom. The van der Waals surface area contributed by atoms with Crippen LogP contribution in [0.3, 0.4) is 0 Å². The van der Waals surface area contributed by atoms with Gasteiger partial charge in [-0.05, 0) is 38.1 Å². The van der Waals surface area contributed by atoms with Crippen LogP contribution in [-0.4, -0.2) is 46.9 Å². The molecule has 0 N–H and O–H groups in total. The summed E-state index contributed by atoms with van der Waals surface area (Å²) in [6.07, 6.45) is 5.39. The molecule has 6 heteroatoms. The van der Waals surface area contributed by atoms with E-state index in [9.17, 15) is 4.79 Å². The first-order valence-electron chi connectivity index (χ1n) is 9.22. The van der Waals surface area contributed by atoms with E-state index in [1.165, 1.54) is 0 Å². The highest BCUT2D eigenvalue weighted by atomic mass is 32.1. The minimum absolute atomic E-state index is 0.140. The second-order valence-corrected chi connectivity index (χ2v) is 7.82. The van der Waals surface area contributed by atoms with Crippen molar-refractivity contribution >= 4 is 17.2 Å². The lowest BCUT2D eigenvalue weighted by atomic mass is 10.0. The van der Waals surface area contributed by atoms with Crippen molar-refractivity contribution in [2.24, 2.45) is 0 Å². The number of thiazole rings is 1. The zero-order valence-corrected chi connectivity index (χ0v) is 16.2. The van der Waals surface area contributed by atoms with Crippen LogP contribution in [0.5, 0.6) is 0 Å². The molecule has 1 fully saturated rings. The van der Waals surface area contributed by atoms with Gasteiger partial charge in [0.2, 0.25) is 0 Å². The van der Waals surface area contributed by atoms with E-state index in [2.05, 4.69) is 17.3 Å². The lowest BCUT2D eigenvalue weighted by molar-refractivity contribution is 0.0638. The van der Waals surface area contributed by atoms with Crippen LogP contribution in [0, 0.1) is 0 Å². The first-order valence-corrected chi connectivity index (χ1v) is 10.1. The third-order valence-corrected chi connectivity index (χ3v) is 6.07. The van der Waals surface area contributed by atoms with E-state index in [1.807, 2.05) is 41.3 Å². The number of nitrogens with zero attached hydrogens (tertiary/aromatic N) is 3. The topological polar surface area (TPSA) is 49.6 Å². The Morgan fingerprint density at radius 3 is 2.74 bits per heavy atom. The first-order chi connectivity index (χ1) is 13.2. The van der Waals surface area contributed by atoms with Crippen molar-refractivity contribution in [1.82, 2.24) is 14.8 Å². The molecular formula is C21H23N3O2S. The SMILES string of the molecule is CN(Cc1csc(-c2ccoc2)n1)C1CCN(C(=O)c2ccccc2)CC1. The highest BCUT2D eigenvalue weighted by molar-refractivity contribution is 7.13. The summed E-state index contributed by atoms with van der Waals surface area (Å²) in [5.41, 5.74) is 2.89. The van der Waals surface area contributed by atoms with Crippen LogP contribution in [0.1, 0.15) is 28.9 Å². The van der Waals surface area contributed by atoms with Crippen LogP contribution in [0.15, 0.2) is 58.7 Å². The Kier molecular flexibility index (Phi) is 5.36. The Labute approximate surface area is 163 Å². The van der Waals surface area contributed by atoms with Crippen LogP contribution in [0.4, 0.5) is 0 Å². The zero-order chi connectivity index (χ0) is 18.6. The van der Waals surface area contributed by atoms with Gasteiger partial charge in [-0.2, -0.15) is 0 Å². The van der Waals surface area contributed by atoms with Crippen LogP contribution in [0.2, 0.25) is 0 Å². The van der Waals surface area contributed by atoms with E-state index < -0.39 is 0 Å². The van der Waals surface area contributed by atoms with Crippen LogP contribution in [0.25, 0.3) is 10.6 Å². The fourth-order valence-electron chi connectivity index (χ4n) is 3.56. The lowest BCUT2D eigenvalue weighted by Crippen LogP contribution is -2.45. The minimum atomic E-state index is 0.140. The summed E-state index contributed by atoms with van der Waals surface area (Å²) in [6.45, 7) is 2.44. The third-order valence-electron chi connectivity index (χ3n) is 5.13. The number of hydrogen-bond donors (Lipinski definition) is 0. The molecule has 0 saturated carbocycles. The van der Waals surface area contributed by atoms with E-state index in [4.69, 9.17) is 9.40 Å². The van der Waals surface area contributed by atoms with Gasteiger partial charge in [-0.25, -0.2) is 4.98 Å². The maximum atomic E-state index is 12.6. The molecule has 1 amide bonds. The second kappa shape index (κ2) is 8.06. The monoisotopic (exact) mass is 381 g/mol. The molecule has 1 saturated heterocycles. The molecular weight excluding hydrogens is 358 g/mol. The van der Waals surface area contributed by atoms with Crippen molar-refractivity contribution in [1.29, 1.82) is 0 Å². The molecule has 3 heterocycles. The molecule has 0 radical (unpaired) electrons. The molecule has 1 aromatic carbocycles. The predicted octanol–water partition coefficient (Wildman–Crippen LogP) is 4.14. The summed E-state index contributed by atoms with van der Waals surface area (Å²) in [6, 6.07) is 12.0. The maximum Gasteiger partial charge on any atom is 0.253 e. The first kappa shape index (κ1) is 17.9. The third kappa shape index (κ3) is 4.12. The number of furan rings is 1. The second-order valence-electron chi connectivity index (χ2n) is 6.96. The molecule has 5 nitrogen and oxygen atoms in total. The number of piperidine rings is 1. The highest BCUT2D eigenvalue weighted by Gasteiger charge is 2.26. The largest absolute Gasteiger partial charge is 0.472 e. The summed E-state index contributed by atoms with van der Waals surface area (Å²) in [4.78, 5) is 21.6. The van der Waals surface area contributed by atoms with E-state index in [-0.39, 0.29) is 5.91 Å². The van der Waals surface area contributed by atoms with Gasteiger partial charge in [0.05, 0.1) is 12.0 Å². The number of hydrogen-bond acceptors (Lipinski definition) is 5. The molecule has 3 aromatic rings. The van der Waals surface area contributed by atoms with Gasteiger partial charge < -0.3 is 9.32 Å². The molecule has 0 bridgehead atoms. The van der Waals surface area contributed by atoms with Crippen LogP contribution < -0.4 is 0 Å². The average molecular weight is 382 g/mol. The molecule has 0 spiro atoms. The quantitative estimate of drug-likeness (QED) is 0.666. The van der Waals surface area contributed by atoms with E-state index >= 15 is 0 Å². The van der Waals surface area contributed by atoms with E-state index in [0.29, 0.717) is 6.04 Å². The number of benzene rings is 1. The molecule has 0 atom stereocenters. The van der Waals surface area contributed by atoms with Gasteiger partial charge >= 0.3 is 0 Å². The average Bonchev–Trinajstić information content (AvgIpc) is 3.40. The molecule has 1 aliphatic rings. The van der Waals surface area contributed by atoms with Gasteiger partial charge in [-0.3, -0.25) is 9.69 Å². The van der Waals surface area contributed by atoms with Gasteiger partial charge in [0.1, 0.15) is 11.3 Å². The Balaban J connectivity index is 1.31. The van der Waals surface area contributed by atoms with Crippen molar-refractivity contribution in [2.75, 3.05) is 20.1 Å². The number of aromatic nitrogens is 1. The predicted molar refractivity (Wildman–Crippen MR) is 107 cm³/mol. The Bertz CT molecular complexity index is 868. The smallest absolute Gasteiger partial charge is 0.253 e. The van der Waals surface area contributed by atoms with E-state index in [0.717, 1.165) is 54.3 Å². The van der Waals surface area contributed by atoms with Crippen molar-refractivity contribution in [2.45, 2.75) is 25.4 Å². The zero-order valence-electron chi connectivity index (χ0n) is 15.4. The molecule has 0 aliphatic carbocycles. The van der Waals surface area contributed by atoms with Crippen molar-refractivity contribution in [3.8, 4) is 10.6 Å². The summed E-state index contributed by atoms with van der Waals surface area (Å²) in [5, 5.41) is 3.11. The fourth-order valence-corrected chi connectivity index (χ4v) is 4.35. The van der Waals surface area contributed by atoms with Gasteiger partial charge in [-0.15, -0.1) is 11.3 Å². The number of carbonyl (C=O) groups is 1. The molecule has 2 aromatic heterocycles. The van der Waals surface area contributed by atoms with Crippen LogP contribution >= 0.6 is 11.3 Å². The summed E-state index contributed by atoms with van der Waals surface area (Å²) in [5.74, 6) is 0.140. The maximum absolute atomic E-state index is 12.6. The van der Waals surface area contributed by atoms with Crippen molar-refractivity contribution in [3.63, 3.8) is 0 Å². The fraction of sp³-hybridized carbons (Fsp3) is 0.333. The number of amides is 1. The number of likely N-dealkylation sites (tertiary alicyclic amines) is 1. The van der Waals surface area contributed by atoms with Crippen LogP contribution in [-0.2, 0) is 6.54 Å². The lowest BCUT2D eigenvalue weighted by Gasteiger charge is -2.36. The number of carbonyl (C=O) groups excluding carboxylic acids is 1. The summed E-state index contributed by atoms with van der Waals surface area (Å²) in [7, 11) is 2.15. The molecule has 140 valence electrons. The van der Waals surface area contributed by atoms with E-state index in [1.54, 1.807) is 23.9 Å². The standard InChI is InChI=1S/C21H23N3O2S/c1-23(13-18-15-27-20(22-18)17-9-12-26-14-17)19-7-10-24(11-8-19)21(25)16-5-3-2-4-6-16/h2-6,9,12,14-15,19H,7-8,10-11,13H2,1H3. The van der Waals surface area contributed by atoms with Crippen molar-refractivity contribution in [3.05, 3.63) is 65.6 Å². The van der Waals surface area contributed by atoms with Gasteiger partial charge in [0.25, 0.3) is 5.91 Å². The normalized spacial score (nSPS) is 15.4. The molecule has 4 rings (SSSR count). The highest BCUT2D eigenvalue weighted by Crippen LogP contribution is 2.25. The Morgan fingerprint density at radius 1 is 1.26 bits per heavy atom. The van der Waals surface area contributed by atoms with Gasteiger partial charge in [0, 0.05) is 42.2 Å². The minimum Gasteiger partial charge on any atom is -0.472 e. The van der Waals surface area contributed by atoms with Gasteiger partial charge in [0.15, 0.2) is 0 Å². The van der Waals surface area contributed by atoms with Crippen molar-refractivity contribution < 1.29 is 9.21 Å². The Hall–Kier alpha value is -2.44. The number of rotatable bonds is 5. The molecule has 1 aliphatic heterocycles. The van der Waals surface area contributed by atoms with Gasteiger partial charge in [-0.1, -0.05) is 18.2 Å². The molecule has 27 heavy (non-hydrogen) atoms. The summed E-state index contributed by atoms with van der Waals surface area (Å²) >= 11 is 1.65.